The van der Waals surface area contributed by atoms with Crippen LogP contribution in [0.3, 0.4) is 0 Å². The number of hydrogen-bond donors (Lipinski definition) is 1. The fourth-order valence-electron chi connectivity index (χ4n) is 2.76. The molecule has 0 amide bonds. The van der Waals surface area contributed by atoms with Gasteiger partial charge in [-0.25, -0.2) is 0 Å². The van der Waals surface area contributed by atoms with Crippen LogP contribution in [0.25, 0.3) is 11.0 Å². The predicted molar refractivity (Wildman–Crippen MR) is 94.3 cm³/mol. The molecule has 0 aliphatic heterocycles. The van der Waals surface area contributed by atoms with Gasteiger partial charge in [0.1, 0.15) is 11.3 Å². The van der Waals surface area contributed by atoms with E-state index < -0.39 is 0 Å². The minimum absolute atomic E-state index is 0.154. The zero-order valence-electron chi connectivity index (χ0n) is 13.4. The van der Waals surface area contributed by atoms with Crippen LogP contribution in [0, 0.1) is 0 Å². The van der Waals surface area contributed by atoms with E-state index in [9.17, 15) is 4.79 Å². The predicted octanol–water partition coefficient (Wildman–Crippen LogP) is 3.91. The number of anilines is 1. The largest absolute Gasteiger partial charge is 0.467 e. The quantitative estimate of drug-likeness (QED) is 0.600. The van der Waals surface area contributed by atoms with Crippen molar-refractivity contribution in [1.29, 1.82) is 0 Å². The van der Waals surface area contributed by atoms with Gasteiger partial charge < -0.3 is 9.73 Å². The SMILES string of the molecule is O=C(CC(Nc1ccccc1)c1ccco1)n1nnc2ccccc21. The topological polar surface area (TPSA) is 73.0 Å². The molecule has 0 aliphatic rings. The van der Waals surface area contributed by atoms with E-state index >= 15 is 0 Å². The van der Waals surface area contributed by atoms with Gasteiger partial charge in [0.25, 0.3) is 5.91 Å². The van der Waals surface area contributed by atoms with E-state index in [-0.39, 0.29) is 18.4 Å². The second kappa shape index (κ2) is 6.60. The van der Waals surface area contributed by atoms with Gasteiger partial charge in [0.05, 0.1) is 24.2 Å². The number of fused-ring (bicyclic) bond motifs is 1. The van der Waals surface area contributed by atoms with Crippen LogP contribution in [-0.4, -0.2) is 20.9 Å². The normalized spacial score (nSPS) is 12.2. The highest BCUT2D eigenvalue weighted by molar-refractivity contribution is 5.89. The van der Waals surface area contributed by atoms with Crippen LogP contribution in [0.1, 0.15) is 23.0 Å². The van der Waals surface area contributed by atoms with Crippen LogP contribution in [0.5, 0.6) is 0 Å². The number of rotatable bonds is 5. The van der Waals surface area contributed by atoms with E-state index in [0.717, 1.165) is 5.69 Å². The van der Waals surface area contributed by atoms with Crippen molar-refractivity contribution in [1.82, 2.24) is 15.0 Å². The molecule has 1 unspecified atom stereocenters. The first-order valence-electron chi connectivity index (χ1n) is 8.00. The Morgan fingerprint density at radius 3 is 2.64 bits per heavy atom. The van der Waals surface area contributed by atoms with Gasteiger partial charge in [0.15, 0.2) is 0 Å². The summed E-state index contributed by atoms with van der Waals surface area (Å²) in [5, 5.41) is 11.4. The molecule has 4 aromatic rings. The maximum absolute atomic E-state index is 12.8. The third kappa shape index (κ3) is 3.14. The molecule has 6 nitrogen and oxygen atoms in total. The van der Waals surface area contributed by atoms with Crippen molar-refractivity contribution in [3.63, 3.8) is 0 Å². The Labute approximate surface area is 144 Å². The average Bonchev–Trinajstić information content (AvgIpc) is 3.32. The molecule has 124 valence electrons. The van der Waals surface area contributed by atoms with Crippen molar-refractivity contribution < 1.29 is 9.21 Å². The third-order valence-electron chi connectivity index (χ3n) is 3.97. The fraction of sp³-hybridized carbons (Fsp3) is 0.105. The summed E-state index contributed by atoms with van der Waals surface area (Å²) in [7, 11) is 0. The van der Waals surface area contributed by atoms with Gasteiger partial charge in [-0.3, -0.25) is 4.79 Å². The van der Waals surface area contributed by atoms with Crippen molar-refractivity contribution in [2.75, 3.05) is 5.32 Å². The molecule has 2 heterocycles. The molecule has 0 radical (unpaired) electrons. The Hall–Kier alpha value is -3.41. The van der Waals surface area contributed by atoms with Crippen molar-refractivity contribution in [2.24, 2.45) is 0 Å². The van der Waals surface area contributed by atoms with Gasteiger partial charge in [0.2, 0.25) is 0 Å². The number of aromatic nitrogens is 3. The summed E-state index contributed by atoms with van der Waals surface area (Å²) in [5.41, 5.74) is 2.31. The van der Waals surface area contributed by atoms with E-state index in [1.165, 1.54) is 4.68 Å². The maximum Gasteiger partial charge on any atom is 0.251 e. The van der Waals surface area contributed by atoms with E-state index in [0.29, 0.717) is 16.8 Å². The number of furan rings is 1. The number of carbonyl (C=O) groups excluding carboxylic acids is 1. The zero-order chi connectivity index (χ0) is 17.1. The Kier molecular flexibility index (Phi) is 4.00. The first-order valence-corrected chi connectivity index (χ1v) is 8.00. The molecule has 4 rings (SSSR count). The summed E-state index contributed by atoms with van der Waals surface area (Å²) >= 11 is 0. The highest BCUT2D eigenvalue weighted by atomic mass is 16.3. The lowest BCUT2D eigenvalue weighted by atomic mass is 10.1. The molecule has 0 spiro atoms. The third-order valence-corrected chi connectivity index (χ3v) is 3.97. The van der Waals surface area contributed by atoms with Gasteiger partial charge in [0, 0.05) is 5.69 Å². The standard InChI is InChI=1S/C19H16N4O2/c24-19(23-17-10-5-4-9-15(17)21-22-23)13-16(18-11-6-12-25-18)20-14-7-2-1-3-8-14/h1-12,16,20H,13H2. The van der Waals surface area contributed by atoms with Gasteiger partial charge >= 0.3 is 0 Å². The zero-order valence-corrected chi connectivity index (χ0v) is 13.4. The average molecular weight is 332 g/mol. The Balaban J connectivity index is 1.61. The van der Waals surface area contributed by atoms with Crippen molar-refractivity contribution >= 4 is 22.6 Å². The van der Waals surface area contributed by atoms with E-state index in [1.54, 1.807) is 6.26 Å². The smallest absolute Gasteiger partial charge is 0.251 e. The Bertz CT molecular complexity index is 977. The van der Waals surface area contributed by atoms with Gasteiger partial charge in [-0.15, -0.1) is 5.10 Å². The summed E-state index contributed by atoms with van der Waals surface area (Å²) in [4.78, 5) is 12.8. The second-order valence-corrected chi connectivity index (χ2v) is 5.67. The molecule has 0 saturated carbocycles. The van der Waals surface area contributed by atoms with Crippen LogP contribution in [0.2, 0.25) is 0 Å². The highest BCUT2D eigenvalue weighted by Crippen LogP contribution is 2.24. The number of benzene rings is 2. The van der Waals surface area contributed by atoms with Gasteiger partial charge in [-0.05, 0) is 36.4 Å². The molecule has 0 saturated heterocycles. The summed E-state index contributed by atoms with van der Waals surface area (Å²) in [6.07, 6.45) is 1.79. The Morgan fingerprint density at radius 1 is 1.04 bits per heavy atom. The summed E-state index contributed by atoms with van der Waals surface area (Å²) in [6.45, 7) is 0. The van der Waals surface area contributed by atoms with E-state index in [1.807, 2.05) is 66.7 Å². The number of para-hydroxylation sites is 2. The molecule has 2 aromatic carbocycles. The van der Waals surface area contributed by atoms with Crippen molar-refractivity contribution in [2.45, 2.75) is 12.5 Å². The molecular weight excluding hydrogens is 316 g/mol. The van der Waals surface area contributed by atoms with Crippen molar-refractivity contribution in [3.05, 3.63) is 78.8 Å². The lowest BCUT2D eigenvalue weighted by molar-refractivity contribution is 0.0880. The molecule has 25 heavy (non-hydrogen) atoms. The Morgan fingerprint density at radius 2 is 1.84 bits per heavy atom. The number of carbonyl (C=O) groups is 1. The number of nitrogens with one attached hydrogen (secondary N) is 1. The first kappa shape index (κ1) is 15.1. The summed E-state index contributed by atoms with van der Waals surface area (Å²) in [6, 6.07) is 20.5. The van der Waals surface area contributed by atoms with E-state index in [2.05, 4.69) is 15.6 Å². The van der Waals surface area contributed by atoms with Crippen LogP contribution in [-0.2, 0) is 0 Å². The van der Waals surface area contributed by atoms with Gasteiger partial charge in [-0.1, -0.05) is 35.5 Å². The monoisotopic (exact) mass is 332 g/mol. The van der Waals surface area contributed by atoms with E-state index in [4.69, 9.17) is 4.42 Å². The summed E-state index contributed by atoms with van der Waals surface area (Å²) < 4.78 is 6.86. The number of nitrogens with zero attached hydrogens (tertiary/aromatic N) is 3. The minimum Gasteiger partial charge on any atom is -0.467 e. The molecule has 2 aromatic heterocycles. The maximum atomic E-state index is 12.8. The molecule has 1 N–H and O–H groups in total. The molecule has 0 fully saturated rings. The van der Waals surface area contributed by atoms with Crippen LogP contribution < -0.4 is 5.32 Å². The van der Waals surface area contributed by atoms with Gasteiger partial charge in [-0.2, -0.15) is 4.68 Å². The van der Waals surface area contributed by atoms with Crippen LogP contribution in [0.15, 0.2) is 77.4 Å². The highest BCUT2D eigenvalue weighted by Gasteiger charge is 2.21. The molecule has 1 atom stereocenters. The minimum atomic E-state index is -0.298. The lowest BCUT2D eigenvalue weighted by Crippen LogP contribution is -2.20. The summed E-state index contributed by atoms with van der Waals surface area (Å²) in [5.74, 6) is 0.542. The second-order valence-electron chi connectivity index (χ2n) is 5.67. The fourth-order valence-corrected chi connectivity index (χ4v) is 2.76. The molecular formula is C19H16N4O2. The molecule has 0 aliphatic carbocycles. The van der Waals surface area contributed by atoms with Crippen LogP contribution in [0.4, 0.5) is 5.69 Å². The lowest BCUT2D eigenvalue weighted by Gasteiger charge is -2.17. The number of hydrogen-bond acceptors (Lipinski definition) is 5. The van der Waals surface area contributed by atoms with Crippen LogP contribution >= 0.6 is 0 Å². The molecule has 0 bridgehead atoms. The van der Waals surface area contributed by atoms with Crippen molar-refractivity contribution in [3.8, 4) is 0 Å². The molecule has 6 heteroatoms. The first-order chi connectivity index (χ1) is 12.3.